The van der Waals surface area contributed by atoms with Crippen molar-refractivity contribution >= 4 is 8.69 Å². The van der Waals surface area contributed by atoms with Crippen LogP contribution in [0, 0.1) is 0 Å². The minimum Gasteiger partial charge on any atom is -0.310 e. The van der Waals surface area contributed by atoms with Crippen LogP contribution in [0.3, 0.4) is 0 Å². The molecule has 1 N–H and O–H groups in total. The Balaban J connectivity index is 0. The number of hydrogen-bond acceptors (Lipinski definition) is 1. The van der Waals surface area contributed by atoms with E-state index in [4.69, 9.17) is 9.46 Å². The van der Waals surface area contributed by atoms with Crippen molar-refractivity contribution in [1.82, 2.24) is 0 Å². The molecule has 4 heteroatoms. The van der Waals surface area contributed by atoms with Crippen LogP contribution >= 0.6 is 8.69 Å². The third-order valence-electron chi connectivity index (χ3n) is 0. The second-order valence-corrected chi connectivity index (χ2v) is 0.245. The Bertz CT molecular complexity index is 13.5. The zero-order chi connectivity index (χ0) is 2.71. The molecular formula is HFeO2P. The van der Waals surface area contributed by atoms with E-state index in [0.29, 0.717) is 0 Å². The van der Waals surface area contributed by atoms with E-state index in [9.17, 15) is 0 Å². The summed E-state index contributed by atoms with van der Waals surface area (Å²) in [5, 5.41) is 0. The molecule has 0 bridgehead atoms. The molecule has 0 saturated carbocycles. The maximum atomic E-state index is 8.46. The van der Waals surface area contributed by atoms with Crippen LogP contribution in [0.25, 0.3) is 0 Å². The second kappa shape index (κ2) is 9.55. The van der Waals surface area contributed by atoms with Gasteiger partial charge < -0.3 is 4.89 Å². The summed E-state index contributed by atoms with van der Waals surface area (Å²) in [6.07, 6.45) is 0. The van der Waals surface area contributed by atoms with Gasteiger partial charge in [0.25, 0.3) is 0 Å². The van der Waals surface area contributed by atoms with E-state index in [-0.39, 0.29) is 17.1 Å². The predicted molar refractivity (Wildman–Crippen MR) is 9.83 cm³/mol. The van der Waals surface area contributed by atoms with Gasteiger partial charge >= 0.3 is 8.69 Å². The summed E-state index contributed by atoms with van der Waals surface area (Å²) in [6, 6.07) is 0. The van der Waals surface area contributed by atoms with E-state index in [1.165, 1.54) is 0 Å². The number of hydrogen-bond donors (Lipinski definition) is 1. The third kappa shape index (κ3) is 19.2. The normalized spacial score (nSPS) is 5.25. The molecule has 0 unspecified atom stereocenters. The fraction of sp³-hybridized carbons (Fsp3) is 0. The van der Waals surface area contributed by atoms with Gasteiger partial charge in [-0.2, -0.15) is 0 Å². The van der Waals surface area contributed by atoms with Crippen LogP contribution in [-0.4, -0.2) is 4.89 Å². The molecule has 0 aromatic rings. The van der Waals surface area contributed by atoms with Crippen LogP contribution in [-0.2, 0) is 21.6 Å². The zero-order valence-electron chi connectivity index (χ0n) is 1.66. The maximum Gasteiger partial charge on any atom is 0.324 e. The molecule has 0 saturated heterocycles. The average Bonchev–Trinajstić information content (AvgIpc) is 0.918. The van der Waals surface area contributed by atoms with E-state index in [1.807, 2.05) is 0 Å². The minimum absolute atomic E-state index is 0. The van der Waals surface area contributed by atoms with Gasteiger partial charge in [0.1, 0.15) is 0 Å². The summed E-state index contributed by atoms with van der Waals surface area (Å²) in [5.41, 5.74) is 0. The van der Waals surface area contributed by atoms with Crippen molar-refractivity contribution in [2.45, 2.75) is 0 Å². The Labute approximate surface area is 36.0 Å². The van der Waals surface area contributed by atoms with Gasteiger partial charge in [-0.1, -0.05) is 0 Å². The molecule has 0 spiro atoms. The van der Waals surface area contributed by atoms with E-state index < -0.39 is 8.69 Å². The van der Waals surface area contributed by atoms with Gasteiger partial charge in [-0.15, -0.1) is 0 Å². The summed E-state index contributed by atoms with van der Waals surface area (Å²) in [4.78, 5) is 6.99. The first-order chi connectivity index (χ1) is 1.41. The topological polar surface area (TPSA) is 37.3 Å². The Kier molecular flexibility index (Phi) is 21.0. The number of rotatable bonds is 0. The summed E-state index contributed by atoms with van der Waals surface area (Å²) in [5.74, 6) is 0. The SMILES string of the molecule is O=PO.[Fe]. The van der Waals surface area contributed by atoms with Crippen molar-refractivity contribution in [2.75, 3.05) is 0 Å². The Morgan fingerprint density at radius 3 is 1.75 bits per heavy atom. The standard InChI is InChI=1S/Fe.HO2P/c;1-3-2/h;(H,1,2). The third-order valence-corrected chi connectivity index (χ3v) is 0. The summed E-state index contributed by atoms with van der Waals surface area (Å²) in [7, 11) is -0.833. The summed E-state index contributed by atoms with van der Waals surface area (Å²) in [6.45, 7) is 0. The molecule has 0 aliphatic carbocycles. The molecule has 0 radical (unpaired) electrons. The molecule has 0 amide bonds. The fourth-order valence-electron chi connectivity index (χ4n) is 0. The van der Waals surface area contributed by atoms with Crippen molar-refractivity contribution in [3.8, 4) is 0 Å². The molecule has 26 valence electrons. The van der Waals surface area contributed by atoms with Crippen LogP contribution in [0.5, 0.6) is 0 Å². The summed E-state index contributed by atoms with van der Waals surface area (Å²) < 4.78 is 8.46. The van der Waals surface area contributed by atoms with Crippen LogP contribution in [0.15, 0.2) is 0 Å². The fourth-order valence-corrected chi connectivity index (χ4v) is 0. The van der Waals surface area contributed by atoms with E-state index in [1.54, 1.807) is 0 Å². The van der Waals surface area contributed by atoms with Gasteiger partial charge in [-0.25, -0.2) is 4.57 Å². The minimum atomic E-state index is -0.833. The largest absolute Gasteiger partial charge is 0.324 e. The van der Waals surface area contributed by atoms with Gasteiger partial charge in [0.2, 0.25) is 0 Å². The molecule has 0 aromatic carbocycles. The molecule has 0 heterocycles. The van der Waals surface area contributed by atoms with Crippen molar-refractivity contribution < 1.29 is 26.5 Å². The van der Waals surface area contributed by atoms with Crippen LogP contribution in [0.4, 0.5) is 0 Å². The van der Waals surface area contributed by atoms with E-state index >= 15 is 0 Å². The molecule has 0 rings (SSSR count). The van der Waals surface area contributed by atoms with Crippen molar-refractivity contribution in [3.63, 3.8) is 0 Å². The summed E-state index contributed by atoms with van der Waals surface area (Å²) >= 11 is 0. The van der Waals surface area contributed by atoms with Gasteiger partial charge in [0.05, 0.1) is 0 Å². The van der Waals surface area contributed by atoms with Gasteiger partial charge in [0.15, 0.2) is 0 Å². The predicted octanol–water partition coefficient (Wildman–Crippen LogP) is 0.183. The molecule has 0 aromatic heterocycles. The van der Waals surface area contributed by atoms with Crippen molar-refractivity contribution in [3.05, 3.63) is 0 Å². The van der Waals surface area contributed by atoms with Crippen molar-refractivity contribution in [2.24, 2.45) is 0 Å². The maximum absolute atomic E-state index is 8.46. The molecular weight excluding hydrogens is 119 g/mol. The van der Waals surface area contributed by atoms with E-state index in [0.717, 1.165) is 0 Å². The van der Waals surface area contributed by atoms with Crippen LogP contribution in [0.2, 0.25) is 0 Å². The van der Waals surface area contributed by atoms with Gasteiger partial charge in [0, 0.05) is 17.1 Å². The molecule has 4 heavy (non-hydrogen) atoms. The first-order valence-electron chi connectivity index (χ1n) is 0.383. The monoisotopic (exact) mass is 120 g/mol. The average molecular weight is 120 g/mol. The molecule has 0 fully saturated rings. The molecule has 0 aliphatic rings. The van der Waals surface area contributed by atoms with Gasteiger partial charge in [-0.3, -0.25) is 0 Å². The zero-order valence-corrected chi connectivity index (χ0v) is 3.65. The Hall–Kier alpha value is 0.579. The molecule has 0 aliphatic heterocycles. The smallest absolute Gasteiger partial charge is 0.310 e. The van der Waals surface area contributed by atoms with Crippen molar-refractivity contribution in [1.29, 1.82) is 0 Å². The van der Waals surface area contributed by atoms with Crippen LogP contribution in [0.1, 0.15) is 0 Å². The molecule has 0 atom stereocenters. The first-order valence-corrected chi connectivity index (χ1v) is 1.15. The Morgan fingerprint density at radius 1 is 1.75 bits per heavy atom. The quantitative estimate of drug-likeness (QED) is 0.365. The first kappa shape index (κ1) is 8.82. The van der Waals surface area contributed by atoms with E-state index in [2.05, 4.69) is 0 Å². The second-order valence-electron chi connectivity index (χ2n) is 0.0816. The van der Waals surface area contributed by atoms with Gasteiger partial charge in [-0.05, 0) is 0 Å². The van der Waals surface area contributed by atoms with Crippen LogP contribution < -0.4 is 0 Å². The molecule has 2 nitrogen and oxygen atoms in total. The Morgan fingerprint density at radius 2 is 1.75 bits per heavy atom.